The monoisotopic (exact) mass is 300 g/mol. The fraction of sp³-hybridized carbons (Fsp3) is 0.176. The van der Waals surface area contributed by atoms with Gasteiger partial charge in [-0.2, -0.15) is 5.10 Å². The summed E-state index contributed by atoms with van der Waals surface area (Å²) in [5.41, 5.74) is 5.03. The zero-order valence-corrected chi connectivity index (χ0v) is 12.8. The van der Waals surface area contributed by atoms with Crippen LogP contribution in [0.4, 0.5) is 0 Å². The smallest absolute Gasteiger partial charge is 0.267 e. The van der Waals surface area contributed by atoms with Gasteiger partial charge in [-0.25, -0.2) is 5.43 Å². The molecule has 3 nitrogen and oxygen atoms in total. The Bertz CT molecular complexity index is 648. The topological polar surface area (TPSA) is 41.5 Å². The molecule has 2 rings (SSSR count). The van der Waals surface area contributed by atoms with E-state index in [1.54, 1.807) is 18.2 Å². The highest BCUT2D eigenvalue weighted by Gasteiger charge is 2.05. The molecule has 4 heteroatoms. The zero-order valence-electron chi connectivity index (χ0n) is 12.0. The molecule has 1 N–H and O–H groups in total. The van der Waals surface area contributed by atoms with Crippen molar-refractivity contribution >= 4 is 23.7 Å². The average molecular weight is 301 g/mol. The van der Waals surface area contributed by atoms with E-state index in [0.29, 0.717) is 16.5 Å². The number of benzene rings is 2. The summed E-state index contributed by atoms with van der Waals surface area (Å²) in [5.74, 6) is 0.203. The maximum Gasteiger partial charge on any atom is 0.271 e. The molecule has 0 aliphatic carbocycles. The van der Waals surface area contributed by atoms with Crippen LogP contribution in [-0.4, -0.2) is 12.1 Å². The summed E-state index contributed by atoms with van der Waals surface area (Å²) in [6, 6.07) is 14.8. The molecule has 0 aromatic heterocycles. The van der Waals surface area contributed by atoms with Crippen LogP contribution in [0.15, 0.2) is 53.6 Å². The first-order chi connectivity index (χ1) is 10.1. The first kappa shape index (κ1) is 15.3. The highest BCUT2D eigenvalue weighted by Crippen LogP contribution is 2.15. The van der Waals surface area contributed by atoms with E-state index in [1.807, 2.05) is 30.3 Å². The third kappa shape index (κ3) is 4.17. The molecule has 2 aromatic carbocycles. The standard InChI is InChI=1S/C17H17ClN2O/c1-12(2)13-7-9-14(10-8-13)17(21)20-19-11-15-5-3-4-6-16(15)18/h3-12H,1-2H3,(H,20,21). The lowest BCUT2D eigenvalue weighted by Crippen LogP contribution is -2.17. The molecule has 0 atom stereocenters. The minimum Gasteiger partial charge on any atom is -0.267 e. The Labute approximate surface area is 129 Å². The highest BCUT2D eigenvalue weighted by atomic mass is 35.5. The highest BCUT2D eigenvalue weighted by molar-refractivity contribution is 6.33. The molecular weight excluding hydrogens is 284 g/mol. The number of halogens is 1. The second kappa shape index (κ2) is 7.04. The molecule has 1 amide bonds. The van der Waals surface area contributed by atoms with Gasteiger partial charge in [0.15, 0.2) is 0 Å². The number of amides is 1. The minimum atomic E-state index is -0.242. The summed E-state index contributed by atoms with van der Waals surface area (Å²) in [5, 5.41) is 4.52. The lowest BCUT2D eigenvalue weighted by Gasteiger charge is -2.06. The van der Waals surface area contributed by atoms with Crippen LogP contribution >= 0.6 is 11.6 Å². The fourth-order valence-corrected chi connectivity index (χ4v) is 2.01. The van der Waals surface area contributed by atoms with Crippen molar-refractivity contribution in [3.8, 4) is 0 Å². The number of carbonyl (C=O) groups excluding carboxylic acids is 1. The summed E-state index contributed by atoms with van der Waals surface area (Å²) >= 11 is 6.00. The van der Waals surface area contributed by atoms with Crippen LogP contribution in [0.3, 0.4) is 0 Å². The molecule has 0 saturated heterocycles. The Morgan fingerprint density at radius 1 is 1.14 bits per heavy atom. The third-order valence-electron chi connectivity index (χ3n) is 3.11. The van der Waals surface area contributed by atoms with Gasteiger partial charge < -0.3 is 0 Å². The van der Waals surface area contributed by atoms with E-state index < -0.39 is 0 Å². The predicted molar refractivity (Wildman–Crippen MR) is 87.0 cm³/mol. The van der Waals surface area contributed by atoms with Gasteiger partial charge in [-0.1, -0.05) is 55.8 Å². The second-order valence-electron chi connectivity index (χ2n) is 5.00. The maximum atomic E-state index is 11.9. The van der Waals surface area contributed by atoms with Crippen LogP contribution in [0.1, 0.15) is 41.3 Å². The number of hydrogen-bond donors (Lipinski definition) is 1. The van der Waals surface area contributed by atoms with E-state index in [1.165, 1.54) is 11.8 Å². The van der Waals surface area contributed by atoms with E-state index >= 15 is 0 Å². The van der Waals surface area contributed by atoms with Gasteiger partial charge >= 0.3 is 0 Å². The summed E-state index contributed by atoms with van der Waals surface area (Å²) in [6.07, 6.45) is 1.53. The molecule has 0 fully saturated rings. The molecule has 0 saturated carbocycles. The van der Waals surface area contributed by atoms with Crippen molar-refractivity contribution in [1.29, 1.82) is 0 Å². The molecule has 0 spiro atoms. The van der Waals surface area contributed by atoms with Crippen LogP contribution in [0.25, 0.3) is 0 Å². The van der Waals surface area contributed by atoms with Gasteiger partial charge in [0.05, 0.1) is 6.21 Å². The second-order valence-corrected chi connectivity index (χ2v) is 5.40. The molecule has 0 heterocycles. The van der Waals surface area contributed by atoms with Crippen molar-refractivity contribution in [1.82, 2.24) is 5.43 Å². The number of hydrogen-bond acceptors (Lipinski definition) is 2. The number of nitrogens with zero attached hydrogens (tertiary/aromatic N) is 1. The van der Waals surface area contributed by atoms with E-state index in [-0.39, 0.29) is 5.91 Å². The molecular formula is C17H17ClN2O. The van der Waals surface area contributed by atoms with Gasteiger partial charge in [-0.05, 0) is 29.7 Å². The van der Waals surface area contributed by atoms with Crippen LogP contribution in [0.5, 0.6) is 0 Å². The van der Waals surface area contributed by atoms with Crippen LogP contribution in [0.2, 0.25) is 5.02 Å². The van der Waals surface area contributed by atoms with Crippen LogP contribution in [-0.2, 0) is 0 Å². The predicted octanol–water partition coefficient (Wildman–Crippen LogP) is 4.23. The number of carbonyl (C=O) groups is 1. The first-order valence-corrected chi connectivity index (χ1v) is 7.13. The average Bonchev–Trinajstić information content (AvgIpc) is 2.49. The molecule has 108 valence electrons. The molecule has 0 aliphatic heterocycles. The van der Waals surface area contributed by atoms with Crippen molar-refractivity contribution in [2.45, 2.75) is 19.8 Å². The number of rotatable bonds is 4. The van der Waals surface area contributed by atoms with Gasteiger partial charge in [0.25, 0.3) is 5.91 Å². The third-order valence-corrected chi connectivity index (χ3v) is 3.46. The molecule has 0 bridgehead atoms. The van der Waals surface area contributed by atoms with E-state index in [9.17, 15) is 4.79 Å². The van der Waals surface area contributed by atoms with Crippen LogP contribution in [0, 0.1) is 0 Å². The van der Waals surface area contributed by atoms with Gasteiger partial charge in [-0.3, -0.25) is 4.79 Å². The molecule has 0 aliphatic rings. The Hall–Kier alpha value is -2.13. The van der Waals surface area contributed by atoms with Gasteiger partial charge in [0, 0.05) is 16.1 Å². The van der Waals surface area contributed by atoms with Crippen LogP contribution < -0.4 is 5.43 Å². The maximum absolute atomic E-state index is 11.9. The van der Waals surface area contributed by atoms with Crippen molar-refractivity contribution in [2.24, 2.45) is 5.10 Å². The Balaban J connectivity index is 2.00. The van der Waals surface area contributed by atoms with E-state index in [2.05, 4.69) is 24.4 Å². The van der Waals surface area contributed by atoms with Gasteiger partial charge in [-0.15, -0.1) is 0 Å². The number of hydrazone groups is 1. The van der Waals surface area contributed by atoms with Crippen molar-refractivity contribution in [2.75, 3.05) is 0 Å². The lowest BCUT2D eigenvalue weighted by atomic mass is 10.0. The summed E-state index contributed by atoms with van der Waals surface area (Å²) < 4.78 is 0. The fourth-order valence-electron chi connectivity index (χ4n) is 1.82. The van der Waals surface area contributed by atoms with Crippen molar-refractivity contribution in [3.63, 3.8) is 0 Å². The Kier molecular flexibility index (Phi) is 5.12. The zero-order chi connectivity index (χ0) is 15.2. The molecule has 0 radical (unpaired) electrons. The van der Waals surface area contributed by atoms with Crippen molar-refractivity contribution < 1.29 is 4.79 Å². The van der Waals surface area contributed by atoms with Gasteiger partial charge in [0.1, 0.15) is 0 Å². The number of nitrogens with one attached hydrogen (secondary N) is 1. The van der Waals surface area contributed by atoms with E-state index in [0.717, 1.165) is 5.56 Å². The normalized spacial score (nSPS) is 11.0. The molecule has 21 heavy (non-hydrogen) atoms. The quantitative estimate of drug-likeness (QED) is 0.666. The first-order valence-electron chi connectivity index (χ1n) is 6.76. The summed E-state index contributed by atoms with van der Waals surface area (Å²) in [6.45, 7) is 4.23. The Morgan fingerprint density at radius 2 is 1.81 bits per heavy atom. The molecule has 0 unspecified atom stereocenters. The van der Waals surface area contributed by atoms with E-state index in [4.69, 9.17) is 11.6 Å². The summed E-state index contributed by atoms with van der Waals surface area (Å²) in [4.78, 5) is 11.9. The minimum absolute atomic E-state index is 0.242. The SMILES string of the molecule is CC(C)c1ccc(C(=O)NN=Cc2ccccc2Cl)cc1. The lowest BCUT2D eigenvalue weighted by molar-refractivity contribution is 0.0955. The van der Waals surface area contributed by atoms with Crippen molar-refractivity contribution in [3.05, 3.63) is 70.2 Å². The summed E-state index contributed by atoms with van der Waals surface area (Å²) in [7, 11) is 0. The van der Waals surface area contributed by atoms with Gasteiger partial charge in [0.2, 0.25) is 0 Å². The largest absolute Gasteiger partial charge is 0.271 e. The molecule has 2 aromatic rings. The Morgan fingerprint density at radius 3 is 2.43 bits per heavy atom.